The lowest BCUT2D eigenvalue weighted by molar-refractivity contribution is -0.167. The van der Waals surface area contributed by atoms with Gasteiger partial charge >= 0.3 is 17.9 Å². The molecule has 0 spiro atoms. The maximum absolute atomic E-state index is 12.9. The second-order valence-corrected chi connectivity index (χ2v) is 20.9. The minimum Gasteiger partial charge on any atom is -0.462 e. The molecule has 0 aromatic heterocycles. The Hall–Kier alpha value is -4.45. The second-order valence-electron chi connectivity index (χ2n) is 20.9. The zero-order valence-electron chi connectivity index (χ0n) is 50.6. The van der Waals surface area contributed by atoms with Gasteiger partial charge in [-0.1, -0.05) is 257 Å². The van der Waals surface area contributed by atoms with E-state index < -0.39 is 6.10 Å². The Bertz CT molecular complexity index is 1670. The molecule has 0 radical (unpaired) electrons. The highest BCUT2D eigenvalue weighted by atomic mass is 16.6. The molecule has 0 N–H and O–H groups in total. The van der Waals surface area contributed by atoms with Crippen LogP contribution >= 0.6 is 0 Å². The summed E-state index contributed by atoms with van der Waals surface area (Å²) in [4.78, 5) is 38.4. The SMILES string of the molecule is CC/C=C\C/C=C\C/C=C\C/C=C\C/C=C\C/C=C\CCCCCCCCC(=O)OCC(COC(=O)CCCCCCC/C=C\C/C=C\CCCCCC)OC(=O)CCCCCCCC/C=C\C/C=C\C/C=C\CCCCC. The normalized spacial score (nSPS) is 13.0. The van der Waals surface area contributed by atoms with Gasteiger partial charge in [-0.2, -0.15) is 0 Å². The van der Waals surface area contributed by atoms with Crippen molar-refractivity contribution in [2.75, 3.05) is 13.2 Å². The first kappa shape index (κ1) is 73.5. The zero-order chi connectivity index (χ0) is 56.4. The van der Waals surface area contributed by atoms with Crippen LogP contribution in [0.25, 0.3) is 0 Å². The van der Waals surface area contributed by atoms with Gasteiger partial charge < -0.3 is 14.2 Å². The van der Waals surface area contributed by atoms with Crippen molar-refractivity contribution in [1.29, 1.82) is 0 Å². The molecule has 6 heteroatoms. The molecule has 6 nitrogen and oxygen atoms in total. The molecule has 0 aliphatic rings. The number of ether oxygens (including phenoxy) is 3. The van der Waals surface area contributed by atoms with Gasteiger partial charge in [-0.25, -0.2) is 0 Å². The summed E-state index contributed by atoms with van der Waals surface area (Å²) in [5, 5.41) is 0. The average Bonchev–Trinajstić information content (AvgIpc) is 3.44. The maximum atomic E-state index is 12.9. The molecule has 0 heterocycles. The fourth-order valence-corrected chi connectivity index (χ4v) is 8.54. The van der Waals surface area contributed by atoms with E-state index in [0.29, 0.717) is 19.3 Å². The Morgan fingerprint density at radius 1 is 0.269 bits per heavy atom. The van der Waals surface area contributed by atoms with Gasteiger partial charge in [-0.05, 0) is 141 Å². The fraction of sp³-hybridized carbons (Fsp3) is 0.653. The summed E-state index contributed by atoms with van der Waals surface area (Å²) < 4.78 is 16.9. The standard InChI is InChI=1S/C72H118O6/c1-4-7-10-13-16-19-22-25-28-31-33-34-35-36-37-38-40-41-44-47-50-53-56-59-62-65-71(74)77-68-69(67-76-70(73)64-61-58-55-52-49-46-43-30-27-24-21-18-15-12-9-6-3)78-72(75)66-63-60-57-54-51-48-45-42-39-32-29-26-23-20-17-14-11-8-5-2/h7,10,16-17,19-21,24-26,28-30,33-34,36-37,39-43,69H,4-6,8-9,11-15,18,22-23,27,31-32,35,38,44-68H2,1-3H3/b10-7-,19-16-,20-17-,24-21-,28-25-,29-26-,34-33-,37-36-,41-40-,42-39-,43-30-. The first-order valence-corrected chi connectivity index (χ1v) is 32.2. The Morgan fingerprint density at radius 2 is 0.500 bits per heavy atom. The summed E-state index contributed by atoms with van der Waals surface area (Å²) >= 11 is 0. The van der Waals surface area contributed by atoms with E-state index in [0.717, 1.165) is 161 Å². The van der Waals surface area contributed by atoms with E-state index in [9.17, 15) is 14.4 Å². The fourth-order valence-electron chi connectivity index (χ4n) is 8.54. The van der Waals surface area contributed by atoms with Crippen molar-refractivity contribution in [3.05, 3.63) is 134 Å². The molecule has 0 aliphatic carbocycles. The molecule has 0 amide bonds. The highest BCUT2D eigenvalue weighted by Crippen LogP contribution is 2.14. The predicted molar refractivity (Wildman–Crippen MR) is 339 cm³/mol. The third-order valence-electron chi connectivity index (χ3n) is 13.4. The van der Waals surface area contributed by atoms with Gasteiger partial charge in [0.05, 0.1) is 0 Å². The minimum absolute atomic E-state index is 0.0991. The van der Waals surface area contributed by atoms with Crippen LogP contribution in [0.1, 0.15) is 284 Å². The number of hydrogen-bond acceptors (Lipinski definition) is 6. The Balaban J connectivity index is 4.46. The molecule has 1 atom stereocenters. The zero-order valence-corrected chi connectivity index (χ0v) is 50.6. The van der Waals surface area contributed by atoms with E-state index in [1.165, 1.54) is 83.5 Å². The van der Waals surface area contributed by atoms with Crippen LogP contribution in [0, 0.1) is 0 Å². The van der Waals surface area contributed by atoms with Crippen LogP contribution in [-0.2, 0) is 28.6 Å². The first-order chi connectivity index (χ1) is 38.5. The first-order valence-electron chi connectivity index (χ1n) is 32.2. The third-order valence-corrected chi connectivity index (χ3v) is 13.4. The summed E-state index contributed by atoms with van der Waals surface area (Å²) in [7, 11) is 0. The van der Waals surface area contributed by atoms with Crippen LogP contribution in [0.3, 0.4) is 0 Å². The smallest absolute Gasteiger partial charge is 0.306 e. The van der Waals surface area contributed by atoms with Crippen LogP contribution < -0.4 is 0 Å². The lowest BCUT2D eigenvalue weighted by Crippen LogP contribution is -2.30. The number of hydrogen-bond donors (Lipinski definition) is 0. The van der Waals surface area contributed by atoms with Crippen LogP contribution in [-0.4, -0.2) is 37.2 Å². The van der Waals surface area contributed by atoms with Crippen molar-refractivity contribution < 1.29 is 28.6 Å². The molecule has 78 heavy (non-hydrogen) atoms. The largest absolute Gasteiger partial charge is 0.462 e. The van der Waals surface area contributed by atoms with E-state index in [4.69, 9.17) is 14.2 Å². The van der Waals surface area contributed by atoms with Crippen LogP contribution in [0.5, 0.6) is 0 Å². The molecule has 1 unspecified atom stereocenters. The summed E-state index contributed by atoms with van der Waals surface area (Å²) in [6.07, 6.45) is 91.5. The summed E-state index contributed by atoms with van der Waals surface area (Å²) in [6, 6.07) is 0. The molecule has 0 aromatic carbocycles. The number of esters is 3. The average molecular weight is 1080 g/mol. The molecule has 0 saturated heterocycles. The van der Waals surface area contributed by atoms with Crippen LogP contribution in [0.15, 0.2) is 134 Å². The van der Waals surface area contributed by atoms with Crippen LogP contribution in [0.2, 0.25) is 0 Å². The van der Waals surface area contributed by atoms with E-state index in [1.54, 1.807) is 0 Å². The quantitative estimate of drug-likeness (QED) is 0.0261. The van der Waals surface area contributed by atoms with Gasteiger partial charge in [-0.15, -0.1) is 0 Å². The maximum Gasteiger partial charge on any atom is 0.306 e. The number of carbonyl (C=O) groups excluding carboxylic acids is 3. The molecule has 0 fully saturated rings. The van der Waals surface area contributed by atoms with Crippen molar-refractivity contribution in [2.24, 2.45) is 0 Å². The molecule has 0 aromatic rings. The van der Waals surface area contributed by atoms with E-state index in [1.807, 2.05) is 0 Å². The minimum atomic E-state index is -0.804. The lowest BCUT2D eigenvalue weighted by atomic mass is 10.1. The van der Waals surface area contributed by atoms with Crippen molar-refractivity contribution >= 4 is 17.9 Å². The monoisotopic (exact) mass is 1080 g/mol. The van der Waals surface area contributed by atoms with Crippen molar-refractivity contribution in [3.63, 3.8) is 0 Å². The Kier molecular flexibility index (Phi) is 61.4. The van der Waals surface area contributed by atoms with Crippen molar-refractivity contribution in [3.8, 4) is 0 Å². The van der Waals surface area contributed by atoms with Crippen LogP contribution in [0.4, 0.5) is 0 Å². The molecular formula is C72H118O6. The number of carbonyl (C=O) groups is 3. The lowest BCUT2D eigenvalue weighted by Gasteiger charge is -2.18. The van der Waals surface area contributed by atoms with Gasteiger partial charge in [0, 0.05) is 19.3 Å². The number of rotatable bonds is 57. The van der Waals surface area contributed by atoms with E-state index in [-0.39, 0.29) is 31.1 Å². The number of unbranched alkanes of at least 4 members (excludes halogenated alkanes) is 24. The summed E-state index contributed by atoms with van der Waals surface area (Å²) in [5.41, 5.74) is 0. The predicted octanol–water partition coefficient (Wildman–Crippen LogP) is 22.2. The van der Waals surface area contributed by atoms with E-state index >= 15 is 0 Å². The van der Waals surface area contributed by atoms with Gasteiger partial charge in [0.2, 0.25) is 0 Å². The Morgan fingerprint density at radius 3 is 0.808 bits per heavy atom. The highest BCUT2D eigenvalue weighted by Gasteiger charge is 2.19. The number of allylic oxidation sites excluding steroid dienone is 22. The molecular weight excluding hydrogens is 961 g/mol. The molecule has 0 rings (SSSR count). The van der Waals surface area contributed by atoms with Gasteiger partial charge in [0.1, 0.15) is 13.2 Å². The Labute approximate surface area is 481 Å². The summed E-state index contributed by atoms with van der Waals surface area (Å²) in [6.45, 7) is 6.45. The van der Waals surface area contributed by atoms with Crippen molar-refractivity contribution in [1.82, 2.24) is 0 Å². The molecule has 0 aliphatic heterocycles. The van der Waals surface area contributed by atoms with Gasteiger partial charge in [0.15, 0.2) is 6.10 Å². The highest BCUT2D eigenvalue weighted by molar-refractivity contribution is 5.71. The topological polar surface area (TPSA) is 78.9 Å². The molecule has 442 valence electrons. The van der Waals surface area contributed by atoms with Gasteiger partial charge in [-0.3, -0.25) is 14.4 Å². The molecule has 0 bridgehead atoms. The molecule has 0 saturated carbocycles. The summed E-state index contributed by atoms with van der Waals surface area (Å²) in [5.74, 6) is -0.937. The van der Waals surface area contributed by atoms with Gasteiger partial charge in [0.25, 0.3) is 0 Å². The third kappa shape index (κ3) is 62.4. The second kappa shape index (κ2) is 65.1. The van der Waals surface area contributed by atoms with Crippen molar-refractivity contribution in [2.45, 2.75) is 290 Å². The van der Waals surface area contributed by atoms with E-state index in [2.05, 4.69) is 154 Å².